The summed E-state index contributed by atoms with van der Waals surface area (Å²) in [5.41, 5.74) is 2.11. The summed E-state index contributed by atoms with van der Waals surface area (Å²) < 4.78 is 6.51. The summed E-state index contributed by atoms with van der Waals surface area (Å²) in [5.74, 6) is 2.08. The van der Waals surface area contributed by atoms with E-state index in [1.165, 1.54) is 0 Å². The maximum absolute atomic E-state index is 5.46. The summed E-state index contributed by atoms with van der Waals surface area (Å²) in [7, 11) is 1.90. The largest absolute Gasteiger partial charge is 0.381 e. The van der Waals surface area contributed by atoms with E-state index in [0.717, 1.165) is 46.1 Å². The standard InChI is InChI=1S/C15H16IN3O/c1-17-15-12(16)13(10-5-3-2-4-6-10)18-14(19-15)11-7-8-20-9-11/h2-6,11H,7-9H2,1H3,(H,17,18,19). The monoisotopic (exact) mass is 381 g/mol. The Labute approximate surface area is 132 Å². The predicted molar refractivity (Wildman–Crippen MR) is 87.9 cm³/mol. The SMILES string of the molecule is CNc1nc(C2CCOC2)nc(-c2ccccc2)c1I. The second kappa shape index (κ2) is 6.05. The molecule has 0 amide bonds. The molecule has 0 radical (unpaired) electrons. The number of hydrogen-bond donors (Lipinski definition) is 1. The number of nitrogens with zero attached hydrogens (tertiary/aromatic N) is 2. The molecule has 1 aromatic heterocycles. The average Bonchev–Trinajstić information content (AvgIpc) is 3.03. The van der Waals surface area contributed by atoms with Gasteiger partial charge in [-0.1, -0.05) is 30.3 Å². The Morgan fingerprint density at radius 2 is 2.05 bits per heavy atom. The first kappa shape index (κ1) is 13.8. The van der Waals surface area contributed by atoms with Gasteiger partial charge < -0.3 is 10.1 Å². The van der Waals surface area contributed by atoms with E-state index >= 15 is 0 Å². The Bertz CT molecular complexity index is 598. The van der Waals surface area contributed by atoms with Gasteiger partial charge >= 0.3 is 0 Å². The summed E-state index contributed by atoms with van der Waals surface area (Å²) in [6.45, 7) is 1.52. The van der Waals surface area contributed by atoms with Crippen LogP contribution in [0.2, 0.25) is 0 Å². The number of benzene rings is 1. The lowest BCUT2D eigenvalue weighted by Gasteiger charge is -2.14. The Balaban J connectivity index is 2.10. The van der Waals surface area contributed by atoms with Gasteiger partial charge in [-0.25, -0.2) is 9.97 Å². The second-order valence-electron chi connectivity index (χ2n) is 4.77. The van der Waals surface area contributed by atoms with Crippen LogP contribution in [0.3, 0.4) is 0 Å². The molecule has 2 aromatic rings. The van der Waals surface area contributed by atoms with Crippen molar-refractivity contribution in [2.24, 2.45) is 0 Å². The fraction of sp³-hybridized carbons (Fsp3) is 0.333. The fourth-order valence-corrected chi connectivity index (χ4v) is 3.16. The fourth-order valence-electron chi connectivity index (χ4n) is 2.34. The lowest BCUT2D eigenvalue weighted by atomic mass is 10.1. The van der Waals surface area contributed by atoms with E-state index in [2.05, 4.69) is 45.0 Å². The number of anilines is 1. The number of hydrogen-bond acceptors (Lipinski definition) is 4. The summed E-state index contributed by atoms with van der Waals surface area (Å²) >= 11 is 2.31. The van der Waals surface area contributed by atoms with Crippen molar-refractivity contribution in [1.29, 1.82) is 0 Å². The lowest BCUT2D eigenvalue weighted by Crippen LogP contribution is -2.09. The molecule has 2 heterocycles. The number of aromatic nitrogens is 2. The van der Waals surface area contributed by atoms with Gasteiger partial charge in [-0.2, -0.15) is 0 Å². The first-order valence-electron chi connectivity index (χ1n) is 6.68. The molecule has 1 aliphatic rings. The normalized spacial score (nSPS) is 18.2. The van der Waals surface area contributed by atoms with Gasteiger partial charge in [0.1, 0.15) is 11.6 Å². The van der Waals surface area contributed by atoms with Gasteiger partial charge in [0.15, 0.2) is 0 Å². The van der Waals surface area contributed by atoms with Gasteiger partial charge in [0.25, 0.3) is 0 Å². The first-order valence-corrected chi connectivity index (χ1v) is 7.76. The van der Waals surface area contributed by atoms with Crippen molar-refractivity contribution in [1.82, 2.24) is 9.97 Å². The molecule has 0 saturated carbocycles. The molecule has 20 heavy (non-hydrogen) atoms. The molecule has 0 aliphatic carbocycles. The van der Waals surface area contributed by atoms with E-state index in [-0.39, 0.29) is 0 Å². The highest BCUT2D eigenvalue weighted by Gasteiger charge is 2.23. The molecule has 3 rings (SSSR count). The van der Waals surface area contributed by atoms with E-state index in [0.29, 0.717) is 5.92 Å². The zero-order chi connectivity index (χ0) is 13.9. The summed E-state index contributed by atoms with van der Waals surface area (Å²) in [5, 5.41) is 3.17. The minimum atomic E-state index is 0.307. The summed E-state index contributed by atoms with van der Waals surface area (Å²) in [6.07, 6.45) is 0.998. The molecular formula is C15H16IN3O. The topological polar surface area (TPSA) is 47.0 Å². The van der Waals surface area contributed by atoms with E-state index in [4.69, 9.17) is 9.72 Å². The maximum Gasteiger partial charge on any atom is 0.143 e. The Hall–Kier alpha value is -1.21. The van der Waals surface area contributed by atoms with E-state index in [9.17, 15) is 0 Å². The van der Waals surface area contributed by atoms with Crippen molar-refractivity contribution in [2.75, 3.05) is 25.6 Å². The Morgan fingerprint density at radius 3 is 2.70 bits per heavy atom. The van der Waals surface area contributed by atoms with Crippen LogP contribution in [0.5, 0.6) is 0 Å². The zero-order valence-electron chi connectivity index (χ0n) is 11.3. The van der Waals surface area contributed by atoms with E-state index in [1.807, 2.05) is 25.2 Å². The number of halogens is 1. The van der Waals surface area contributed by atoms with Crippen LogP contribution in [0.4, 0.5) is 5.82 Å². The molecular weight excluding hydrogens is 365 g/mol. The smallest absolute Gasteiger partial charge is 0.143 e. The van der Waals surface area contributed by atoms with E-state index in [1.54, 1.807) is 0 Å². The minimum absolute atomic E-state index is 0.307. The number of ether oxygens (including phenoxy) is 1. The molecule has 1 aliphatic heterocycles. The van der Waals surface area contributed by atoms with Crippen molar-refractivity contribution in [3.63, 3.8) is 0 Å². The van der Waals surface area contributed by atoms with Crippen LogP contribution >= 0.6 is 22.6 Å². The third-order valence-corrected chi connectivity index (χ3v) is 4.47. The van der Waals surface area contributed by atoms with Crippen LogP contribution in [0.1, 0.15) is 18.2 Å². The molecule has 104 valence electrons. The molecule has 1 fully saturated rings. The molecule has 1 atom stereocenters. The molecule has 5 heteroatoms. The van der Waals surface area contributed by atoms with Crippen molar-refractivity contribution in [2.45, 2.75) is 12.3 Å². The summed E-state index contributed by atoms with van der Waals surface area (Å²) in [4.78, 5) is 9.44. The van der Waals surface area contributed by atoms with E-state index < -0.39 is 0 Å². The van der Waals surface area contributed by atoms with Gasteiger partial charge in [-0.3, -0.25) is 0 Å². The highest BCUT2D eigenvalue weighted by molar-refractivity contribution is 14.1. The maximum atomic E-state index is 5.46. The molecule has 1 saturated heterocycles. The van der Waals surface area contributed by atoms with Crippen LogP contribution < -0.4 is 5.32 Å². The summed E-state index contributed by atoms with van der Waals surface area (Å²) in [6, 6.07) is 10.2. The van der Waals surface area contributed by atoms with Crippen molar-refractivity contribution in [3.05, 3.63) is 39.7 Å². The van der Waals surface area contributed by atoms with Crippen molar-refractivity contribution < 1.29 is 4.74 Å². The minimum Gasteiger partial charge on any atom is -0.381 e. The number of nitrogens with one attached hydrogen (secondary N) is 1. The van der Waals surface area contributed by atoms with Crippen LogP contribution in [0, 0.1) is 3.57 Å². The molecule has 1 unspecified atom stereocenters. The Kier molecular flexibility index (Phi) is 4.16. The first-order chi connectivity index (χ1) is 9.79. The van der Waals surface area contributed by atoms with Gasteiger partial charge in [0, 0.05) is 25.1 Å². The van der Waals surface area contributed by atoms with Gasteiger partial charge in [0.2, 0.25) is 0 Å². The van der Waals surface area contributed by atoms with Crippen LogP contribution in [-0.4, -0.2) is 30.2 Å². The average molecular weight is 381 g/mol. The molecule has 1 N–H and O–H groups in total. The molecule has 0 bridgehead atoms. The molecule has 1 aromatic carbocycles. The van der Waals surface area contributed by atoms with Crippen LogP contribution in [0.15, 0.2) is 30.3 Å². The quantitative estimate of drug-likeness (QED) is 0.829. The number of rotatable bonds is 3. The van der Waals surface area contributed by atoms with Crippen LogP contribution in [-0.2, 0) is 4.74 Å². The van der Waals surface area contributed by atoms with Gasteiger partial charge in [0.05, 0.1) is 15.9 Å². The third kappa shape index (κ3) is 2.64. The van der Waals surface area contributed by atoms with Crippen molar-refractivity contribution in [3.8, 4) is 11.3 Å². The van der Waals surface area contributed by atoms with Crippen LogP contribution in [0.25, 0.3) is 11.3 Å². The Morgan fingerprint density at radius 1 is 1.25 bits per heavy atom. The molecule has 4 nitrogen and oxygen atoms in total. The second-order valence-corrected chi connectivity index (χ2v) is 5.85. The highest BCUT2D eigenvalue weighted by atomic mass is 127. The highest BCUT2D eigenvalue weighted by Crippen LogP contribution is 2.31. The zero-order valence-corrected chi connectivity index (χ0v) is 13.4. The molecule has 0 spiro atoms. The van der Waals surface area contributed by atoms with Gasteiger partial charge in [-0.15, -0.1) is 0 Å². The van der Waals surface area contributed by atoms with Gasteiger partial charge in [-0.05, 0) is 29.0 Å². The third-order valence-electron chi connectivity index (χ3n) is 3.45. The predicted octanol–water partition coefficient (Wildman–Crippen LogP) is 3.29. The van der Waals surface area contributed by atoms with Crippen molar-refractivity contribution >= 4 is 28.4 Å². The lowest BCUT2D eigenvalue weighted by molar-refractivity contribution is 0.193.